The molecule has 24 heavy (non-hydrogen) atoms. The first-order valence-corrected chi connectivity index (χ1v) is 10.0. The van der Waals surface area contributed by atoms with Crippen LogP contribution in [0.15, 0.2) is 58.8 Å². The molecule has 0 aliphatic carbocycles. The molecule has 7 heteroatoms. The fraction of sp³-hybridized carbons (Fsp3) is 0.176. The van der Waals surface area contributed by atoms with Gasteiger partial charge in [-0.05, 0) is 25.1 Å². The number of para-hydroxylation sites is 1. The van der Waals surface area contributed by atoms with E-state index >= 15 is 0 Å². The van der Waals surface area contributed by atoms with Crippen LogP contribution in [-0.2, 0) is 10.0 Å². The summed E-state index contributed by atoms with van der Waals surface area (Å²) in [6, 6.07) is 16.6. The Morgan fingerprint density at radius 2 is 1.79 bits per heavy atom. The van der Waals surface area contributed by atoms with E-state index in [0.717, 1.165) is 21.4 Å². The van der Waals surface area contributed by atoms with Gasteiger partial charge in [0.25, 0.3) is 10.0 Å². The number of ether oxygens (including phenoxy) is 1. The molecule has 4 nitrogen and oxygen atoms in total. The number of halogens is 1. The van der Waals surface area contributed by atoms with Gasteiger partial charge >= 0.3 is 0 Å². The molecule has 0 saturated carbocycles. The molecule has 0 spiro atoms. The molecule has 2 aromatic carbocycles. The van der Waals surface area contributed by atoms with Gasteiger partial charge in [-0.25, -0.2) is 13.1 Å². The van der Waals surface area contributed by atoms with Crippen LogP contribution in [0.25, 0.3) is 10.1 Å². The fourth-order valence-corrected chi connectivity index (χ4v) is 5.51. The first-order valence-electron chi connectivity index (χ1n) is 7.36. The highest BCUT2D eigenvalue weighted by atomic mass is 35.5. The number of nitrogens with one attached hydrogen (secondary N) is 1. The third-order valence-corrected chi connectivity index (χ3v) is 7.12. The number of thiophene rings is 1. The molecule has 3 aromatic rings. The van der Waals surface area contributed by atoms with Gasteiger partial charge in [-0.15, -0.1) is 11.3 Å². The highest BCUT2D eigenvalue weighted by molar-refractivity contribution is 7.92. The van der Waals surface area contributed by atoms with Gasteiger partial charge in [-0.3, -0.25) is 0 Å². The van der Waals surface area contributed by atoms with E-state index < -0.39 is 10.0 Å². The second-order valence-corrected chi connectivity index (χ2v) is 8.69. The molecule has 0 radical (unpaired) electrons. The monoisotopic (exact) mass is 381 g/mol. The lowest BCUT2D eigenvalue weighted by molar-refractivity contribution is 0.225. The Bertz CT molecular complexity index is 939. The van der Waals surface area contributed by atoms with Crippen molar-refractivity contribution in [1.82, 2.24) is 4.72 Å². The van der Waals surface area contributed by atoms with E-state index in [1.165, 1.54) is 0 Å². The van der Waals surface area contributed by atoms with Crippen LogP contribution in [0.5, 0.6) is 5.75 Å². The molecular weight excluding hydrogens is 366 g/mol. The SMILES string of the molecule is CC(CNS(=O)(=O)c1sc2ccccc2c1Cl)Oc1ccccc1. The maximum atomic E-state index is 12.5. The van der Waals surface area contributed by atoms with E-state index in [4.69, 9.17) is 16.3 Å². The zero-order valence-electron chi connectivity index (χ0n) is 12.9. The quantitative estimate of drug-likeness (QED) is 0.692. The third-order valence-electron chi connectivity index (χ3n) is 3.39. The van der Waals surface area contributed by atoms with Gasteiger partial charge in [0.2, 0.25) is 0 Å². The normalized spacial score (nSPS) is 13.1. The number of hydrogen-bond donors (Lipinski definition) is 1. The maximum Gasteiger partial charge on any atom is 0.251 e. The van der Waals surface area contributed by atoms with Gasteiger partial charge in [-0.2, -0.15) is 0 Å². The second-order valence-electron chi connectivity index (χ2n) is 5.29. The van der Waals surface area contributed by atoms with Gasteiger partial charge in [0.05, 0.1) is 5.02 Å². The number of rotatable bonds is 6. The molecule has 1 N–H and O–H groups in total. The molecule has 0 fully saturated rings. The fourth-order valence-electron chi connectivity index (χ4n) is 2.23. The van der Waals surface area contributed by atoms with Crippen LogP contribution < -0.4 is 9.46 Å². The van der Waals surface area contributed by atoms with Crippen molar-refractivity contribution in [1.29, 1.82) is 0 Å². The van der Waals surface area contributed by atoms with E-state index in [2.05, 4.69) is 4.72 Å². The van der Waals surface area contributed by atoms with Crippen molar-refractivity contribution >= 4 is 43.0 Å². The highest BCUT2D eigenvalue weighted by Gasteiger charge is 2.23. The topological polar surface area (TPSA) is 55.4 Å². The Labute approximate surface area is 150 Å². The minimum absolute atomic E-state index is 0.136. The summed E-state index contributed by atoms with van der Waals surface area (Å²) in [6.07, 6.45) is -0.310. The molecule has 0 bridgehead atoms. The molecule has 0 aliphatic rings. The maximum absolute atomic E-state index is 12.5. The summed E-state index contributed by atoms with van der Waals surface area (Å²) in [6.45, 7) is 1.96. The summed E-state index contributed by atoms with van der Waals surface area (Å²) < 4.78 is 34.3. The Morgan fingerprint density at radius 3 is 2.50 bits per heavy atom. The Balaban J connectivity index is 1.72. The van der Waals surface area contributed by atoms with Crippen LogP contribution in [0.2, 0.25) is 5.02 Å². The number of sulfonamides is 1. The average molecular weight is 382 g/mol. The van der Waals surface area contributed by atoms with Crippen molar-refractivity contribution in [2.45, 2.75) is 17.2 Å². The Hall–Kier alpha value is -1.60. The molecule has 126 valence electrons. The van der Waals surface area contributed by atoms with Gasteiger partial charge in [0, 0.05) is 16.6 Å². The van der Waals surface area contributed by atoms with E-state index in [9.17, 15) is 8.42 Å². The minimum atomic E-state index is -3.68. The molecule has 1 heterocycles. The van der Waals surface area contributed by atoms with Crippen molar-refractivity contribution in [3.05, 3.63) is 59.6 Å². The third kappa shape index (κ3) is 3.72. The zero-order valence-corrected chi connectivity index (χ0v) is 15.3. The van der Waals surface area contributed by atoms with Crippen LogP contribution in [0.3, 0.4) is 0 Å². The molecule has 0 amide bonds. The van der Waals surface area contributed by atoms with Gasteiger partial charge in [0.1, 0.15) is 11.9 Å². The summed E-state index contributed by atoms with van der Waals surface area (Å²) in [5.74, 6) is 0.698. The summed E-state index contributed by atoms with van der Waals surface area (Å²) in [5, 5.41) is 1.01. The predicted octanol–water partition coefficient (Wildman–Crippen LogP) is 4.30. The molecular formula is C17H16ClNO3S2. The summed E-state index contributed by atoms with van der Waals surface area (Å²) in [5.41, 5.74) is 0. The van der Waals surface area contributed by atoms with Crippen molar-refractivity contribution in [2.24, 2.45) is 0 Å². The standard InChI is InChI=1S/C17H16ClNO3S2/c1-12(22-13-7-3-2-4-8-13)11-19-24(20,21)17-16(18)14-9-5-6-10-15(14)23-17/h2-10,12,19H,11H2,1H3. The van der Waals surface area contributed by atoms with Crippen molar-refractivity contribution in [3.8, 4) is 5.75 Å². The van der Waals surface area contributed by atoms with Crippen LogP contribution in [-0.4, -0.2) is 21.1 Å². The molecule has 1 unspecified atom stereocenters. The average Bonchev–Trinajstić information content (AvgIpc) is 2.92. The van der Waals surface area contributed by atoms with E-state index in [1.54, 1.807) is 0 Å². The van der Waals surface area contributed by atoms with Crippen LogP contribution >= 0.6 is 22.9 Å². The molecule has 1 aromatic heterocycles. The predicted molar refractivity (Wildman–Crippen MR) is 98.6 cm³/mol. The number of benzene rings is 2. The number of fused-ring (bicyclic) bond motifs is 1. The summed E-state index contributed by atoms with van der Waals surface area (Å²) >= 11 is 7.41. The summed E-state index contributed by atoms with van der Waals surface area (Å²) in [4.78, 5) is 0. The van der Waals surface area contributed by atoms with Crippen molar-refractivity contribution in [2.75, 3.05) is 6.54 Å². The molecule has 0 aliphatic heterocycles. The Kier molecular flexibility index (Phi) is 5.10. The van der Waals surface area contributed by atoms with E-state index in [0.29, 0.717) is 5.75 Å². The lowest BCUT2D eigenvalue weighted by atomic mass is 10.3. The minimum Gasteiger partial charge on any atom is -0.489 e. The highest BCUT2D eigenvalue weighted by Crippen LogP contribution is 2.37. The zero-order chi connectivity index (χ0) is 17.2. The first kappa shape index (κ1) is 17.2. The lowest BCUT2D eigenvalue weighted by Crippen LogP contribution is -2.33. The summed E-state index contributed by atoms with van der Waals surface area (Å²) in [7, 11) is -3.68. The molecule has 3 rings (SSSR count). The van der Waals surface area contributed by atoms with Crippen LogP contribution in [0.1, 0.15) is 6.92 Å². The van der Waals surface area contributed by atoms with Crippen molar-refractivity contribution < 1.29 is 13.2 Å². The molecule has 0 saturated heterocycles. The van der Waals surface area contributed by atoms with Gasteiger partial charge in [-0.1, -0.05) is 48.0 Å². The lowest BCUT2D eigenvalue weighted by Gasteiger charge is -2.15. The van der Waals surface area contributed by atoms with E-state index in [-0.39, 0.29) is 21.9 Å². The van der Waals surface area contributed by atoms with Crippen LogP contribution in [0.4, 0.5) is 0 Å². The first-order chi connectivity index (χ1) is 11.5. The molecule has 1 atom stereocenters. The van der Waals surface area contributed by atoms with Gasteiger partial charge in [0.15, 0.2) is 4.21 Å². The largest absolute Gasteiger partial charge is 0.489 e. The van der Waals surface area contributed by atoms with Gasteiger partial charge < -0.3 is 4.74 Å². The van der Waals surface area contributed by atoms with Crippen LogP contribution in [0, 0.1) is 0 Å². The number of hydrogen-bond acceptors (Lipinski definition) is 4. The van der Waals surface area contributed by atoms with Crippen molar-refractivity contribution in [3.63, 3.8) is 0 Å². The second kappa shape index (κ2) is 7.11. The smallest absolute Gasteiger partial charge is 0.251 e. The van der Waals surface area contributed by atoms with E-state index in [1.807, 2.05) is 61.5 Å². The Morgan fingerprint density at radius 1 is 1.12 bits per heavy atom.